The molecule has 0 aromatic carbocycles. The molecule has 17 heavy (non-hydrogen) atoms. The molecule has 0 unspecified atom stereocenters. The second-order valence-corrected chi connectivity index (χ2v) is 6.54. The third-order valence-electron chi connectivity index (χ3n) is 4.22. The van der Waals surface area contributed by atoms with E-state index in [1.165, 1.54) is 5.54 Å². The molecule has 1 fully saturated rings. The molecule has 0 amide bonds. The van der Waals surface area contributed by atoms with Crippen LogP contribution in [0.25, 0.3) is 0 Å². The Kier molecular flexibility index (Phi) is 4.65. The van der Waals surface area contributed by atoms with Crippen LogP contribution >= 0.6 is 11.6 Å². The molecule has 0 aromatic rings. The standard InChI is InChI=1S/C14H23ClO2/c1-13(2,3)11-5-8-14(9-6-11,12(16)17)7-4-10-15/h4,10-11H,5-9H2,1-3H3,(H,16,17)/b10-4+. The van der Waals surface area contributed by atoms with Crippen molar-refractivity contribution in [1.29, 1.82) is 0 Å². The Balaban J connectivity index is 2.71. The topological polar surface area (TPSA) is 37.3 Å². The van der Waals surface area contributed by atoms with Crippen molar-refractivity contribution >= 4 is 17.6 Å². The van der Waals surface area contributed by atoms with Crippen molar-refractivity contribution in [3.63, 3.8) is 0 Å². The first-order valence-electron chi connectivity index (χ1n) is 6.30. The molecule has 0 aromatic heterocycles. The van der Waals surface area contributed by atoms with E-state index in [9.17, 15) is 9.90 Å². The normalized spacial score (nSPS) is 30.7. The van der Waals surface area contributed by atoms with Crippen molar-refractivity contribution in [3.8, 4) is 0 Å². The SMILES string of the molecule is CC(C)(C)C1CCC(C/C=C/Cl)(C(=O)O)CC1. The van der Waals surface area contributed by atoms with E-state index < -0.39 is 11.4 Å². The zero-order valence-electron chi connectivity index (χ0n) is 11.0. The van der Waals surface area contributed by atoms with Crippen LogP contribution in [0.5, 0.6) is 0 Å². The average molecular weight is 259 g/mol. The van der Waals surface area contributed by atoms with Crippen LogP contribution in [0.2, 0.25) is 0 Å². The zero-order valence-corrected chi connectivity index (χ0v) is 11.8. The van der Waals surface area contributed by atoms with Gasteiger partial charge in [-0.05, 0) is 43.4 Å². The monoisotopic (exact) mass is 258 g/mol. The molecule has 1 aliphatic rings. The first kappa shape index (κ1) is 14.6. The van der Waals surface area contributed by atoms with Crippen molar-refractivity contribution in [3.05, 3.63) is 11.6 Å². The van der Waals surface area contributed by atoms with E-state index in [4.69, 9.17) is 11.6 Å². The van der Waals surface area contributed by atoms with Gasteiger partial charge in [-0.2, -0.15) is 0 Å². The van der Waals surface area contributed by atoms with E-state index in [1.54, 1.807) is 6.08 Å². The molecule has 0 radical (unpaired) electrons. The summed E-state index contributed by atoms with van der Waals surface area (Å²) < 4.78 is 0. The van der Waals surface area contributed by atoms with Crippen molar-refractivity contribution in [1.82, 2.24) is 0 Å². The highest BCUT2D eigenvalue weighted by Gasteiger charge is 2.43. The number of allylic oxidation sites excluding steroid dienone is 1. The number of carboxylic acids is 1. The fraction of sp³-hybridized carbons (Fsp3) is 0.786. The summed E-state index contributed by atoms with van der Waals surface area (Å²) in [5.74, 6) is -0.0328. The Morgan fingerprint density at radius 2 is 1.94 bits per heavy atom. The molecule has 2 nitrogen and oxygen atoms in total. The minimum absolute atomic E-state index is 0.285. The van der Waals surface area contributed by atoms with E-state index in [-0.39, 0.29) is 5.41 Å². The summed E-state index contributed by atoms with van der Waals surface area (Å²) >= 11 is 5.52. The van der Waals surface area contributed by atoms with Gasteiger partial charge >= 0.3 is 5.97 Å². The fourth-order valence-electron chi connectivity index (χ4n) is 2.81. The Morgan fingerprint density at radius 1 is 1.41 bits per heavy atom. The lowest BCUT2D eigenvalue weighted by atomic mass is 9.63. The van der Waals surface area contributed by atoms with Gasteiger partial charge in [0.15, 0.2) is 0 Å². The van der Waals surface area contributed by atoms with Crippen molar-refractivity contribution in [2.45, 2.75) is 52.9 Å². The molecule has 0 aliphatic heterocycles. The highest BCUT2D eigenvalue weighted by Crippen LogP contribution is 2.47. The zero-order chi connectivity index (χ0) is 13.1. The molecule has 0 atom stereocenters. The summed E-state index contributed by atoms with van der Waals surface area (Å²) in [6.07, 6.45) is 5.88. The van der Waals surface area contributed by atoms with Gasteiger partial charge in [-0.3, -0.25) is 4.79 Å². The number of carboxylic acid groups (broad SMARTS) is 1. The Bertz CT molecular complexity index is 294. The second-order valence-electron chi connectivity index (χ2n) is 6.29. The van der Waals surface area contributed by atoms with E-state index in [0.29, 0.717) is 12.3 Å². The Labute approximate surface area is 109 Å². The first-order valence-corrected chi connectivity index (χ1v) is 6.74. The van der Waals surface area contributed by atoms with Crippen molar-refractivity contribution in [2.75, 3.05) is 0 Å². The highest BCUT2D eigenvalue weighted by atomic mass is 35.5. The van der Waals surface area contributed by atoms with Gasteiger partial charge in [-0.1, -0.05) is 38.4 Å². The second kappa shape index (κ2) is 5.43. The van der Waals surface area contributed by atoms with Gasteiger partial charge in [-0.15, -0.1) is 0 Å². The third kappa shape index (κ3) is 3.48. The summed E-state index contributed by atoms with van der Waals surface area (Å²) in [5.41, 5.74) is 1.14. The Morgan fingerprint density at radius 3 is 2.29 bits per heavy atom. The van der Waals surface area contributed by atoms with E-state index in [0.717, 1.165) is 25.7 Å². The number of halogens is 1. The molecule has 98 valence electrons. The number of hydrogen-bond acceptors (Lipinski definition) is 1. The van der Waals surface area contributed by atoms with Crippen molar-refractivity contribution < 1.29 is 9.90 Å². The minimum Gasteiger partial charge on any atom is -0.481 e. The maximum atomic E-state index is 11.5. The molecule has 0 spiro atoms. The van der Waals surface area contributed by atoms with E-state index >= 15 is 0 Å². The van der Waals surface area contributed by atoms with Crippen LogP contribution in [0, 0.1) is 16.7 Å². The number of carbonyl (C=O) groups is 1. The maximum Gasteiger partial charge on any atom is 0.309 e. The molecule has 3 heteroatoms. The number of aliphatic carboxylic acids is 1. The first-order chi connectivity index (χ1) is 7.82. The van der Waals surface area contributed by atoms with E-state index in [1.807, 2.05) is 0 Å². The van der Waals surface area contributed by atoms with Gasteiger partial charge in [0.05, 0.1) is 5.41 Å². The number of hydrogen-bond donors (Lipinski definition) is 1. The maximum absolute atomic E-state index is 11.5. The molecule has 0 heterocycles. The van der Waals surface area contributed by atoms with Gasteiger partial charge in [0.1, 0.15) is 0 Å². The molecule has 1 aliphatic carbocycles. The quantitative estimate of drug-likeness (QED) is 0.813. The molecule has 0 bridgehead atoms. The van der Waals surface area contributed by atoms with Gasteiger partial charge < -0.3 is 5.11 Å². The lowest BCUT2D eigenvalue weighted by molar-refractivity contribution is -0.152. The molecular formula is C14H23ClO2. The van der Waals surface area contributed by atoms with Crippen LogP contribution in [-0.4, -0.2) is 11.1 Å². The molecule has 1 saturated carbocycles. The highest BCUT2D eigenvalue weighted by molar-refractivity contribution is 6.25. The van der Waals surface area contributed by atoms with Crippen LogP contribution in [-0.2, 0) is 4.79 Å². The van der Waals surface area contributed by atoms with Gasteiger partial charge in [-0.25, -0.2) is 0 Å². The predicted octanol–water partition coefficient (Wildman–Crippen LogP) is 4.44. The minimum atomic E-state index is -0.667. The summed E-state index contributed by atoms with van der Waals surface area (Å²) in [6.45, 7) is 6.72. The number of rotatable bonds is 3. The van der Waals surface area contributed by atoms with Gasteiger partial charge in [0.2, 0.25) is 0 Å². The van der Waals surface area contributed by atoms with E-state index in [2.05, 4.69) is 20.8 Å². The molecule has 1 N–H and O–H groups in total. The van der Waals surface area contributed by atoms with Crippen LogP contribution in [0.15, 0.2) is 11.6 Å². The van der Waals surface area contributed by atoms with Crippen LogP contribution in [0.4, 0.5) is 0 Å². The predicted molar refractivity (Wildman–Crippen MR) is 71.1 cm³/mol. The summed E-state index contributed by atoms with van der Waals surface area (Å²) in [4.78, 5) is 11.5. The van der Waals surface area contributed by atoms with Crippen LogP contribution in [0.1, 0.15) is 52.9 Å². The van der Waals surface area contributed by atoms with Crippen molar-refractivity contribution in [2.24, 2.45) is 16.7 Å². The Hall–Kier alpha value is -0.500. The van der Waals surface area contributed by atoms with Gasteiger partial charge in [0.25, 0.3) is 0 Å². The fourth-order valence-corrected chi connectivity index (χ4v) is 2.90. The third-order valence-corrected chi connectivity index (χ3v) is 4.40. The average Bonchev–Trinajstić information content (AvgIpc) is 2.25. The summed E-state index contributed by atoms with van der Waals surface area (Å²) in [7, 11) is 0. The largest absolute Gasteiger partial charge is 0.481 e. The van der Waals surface area contributed by atoms with Gasteiger partial charge in [0, 0.05) is 5.54 Å². The smallest absolute Gasteiger partial charge is 0.309 e. The molecule has 1 rings (SSSR count). The lowest BCUT2D eigenvalue weighted by Gasteiger charge is -2.41. The summed E-state index contributed by atoms with van der Waals surface area (Å²) in [6, 6.07) is 0. The summed E-state index contributed by atoms with van der Waals surface area (Å²) in [5, 5.41) is 9.43. The molecule has 0 saturated heterocycles. The van der Waals surface area contributed by atoms with Crippen LogP contribution in [0.3, 0.4) is 0 Å². The van der Waals surface area contributed by atoms with Crippen LogP contribution < -0.4 is 0 Å². The lowest BCUT2D eigenvalue weighted by Crippen LogP contribution is -2.37. The molecular weight excluding hydrogens is 236 g/mol.